The van der Waals surface area contributed by atoms with Gasteiger partial charge in [-0.15, -0.1) is 0 Å². The minimum absolute atomic E-state index is 0.327. The van der Waals surface area contributed by atoms with E-state index in [-0.39, 0.29) is 0 Å². The zero-order valence-corrected chi connectivity index (χ0v) is 22.8. The van der Waals surface area contributed by atoms with E-state index in [1.807, 2.05) is 0 Å². The minimum atomic E-state index is 0.327. The molecule has 3 aromatic rings. The molecule has 2 aliphatic heterocycles. The summed E-state index contributed by atoms with van der Waals surface area (Å²) >= 11 is 0. The zero-order chi connectivity index (χ0) is 25.8. The van der Waals surface area contributed by atoms with E-state index < -0.39 is 0 Å². The summed E-state index contributed by atoms with van der Waals surface area (Å²) in [6.07, 6.45) is 2.78. The Hall–Kier alpha value is -2.89. The Labute approximate surface area is 222 Å². The monoisotopic (exact) mass is 498 g/mol. The van der Waals surface area contributed by atoms with Crippen LogP contribution in [0.2, 0.25) is 0 Å². The van der Waals surface area contributed by atoms with Crippen molar-refractivity contribution in [2.75, 3.05) is 58.3 Å². The van der Waals surface area contributed by atoms with Gasteiger partial charge in [-0.25, -0.2) is 0 Å². The second-order valence-electron chi connectivity index (χ2n) is 11.2. The zero-order valence-electron chi connectivity index (χ0n) is 22.8. The summed E-state index contributed by atoms with van der Waals surface area (Å²) in [5.41, 5.74) is 3.99. The molecule has 5 nitrogen and oxygen atoms in total. The third kappa shape index (κ3) is 6.16. The third-order valence-electron chi connectivity index (χ3n) is 8.48. The van der Waals surface area contributed by atoms with E-state index in [2.05, 4.69) is 107 Å². The van der Waals surface area contributed by atoms with Crippen molar-refractivity contribution in [1.29, 1.82) is 0 Å². The number of likely N-dealkylation sites (tertiary alicyclic amines) is 1. The number of benzene rings is 3. The van der Waals surface area contributed by atoms with E-state index in [9.17, 15) is 4.79 Å². The van der Waals surface area contributed by atoms with Crippen LogP contribution in [0.1, 0.15) is 30.4 Å². The van der Waals surface area contributed by atoms with Crippen molar-refractivity contribution in [3.05, 3.63) is 77.9 Å². The topological polar surface area (TPSA) is 30.0 Å². The molecule has 0 unspecified atom stereocenters. The maximum absolute atomic E-state index is 13.2. The predicted octanol–water partition coefficient (Wildman–Crippen LogP) is 5.03. The number of rotatable bonds is 7. The molecule has 0 bridgehead atoms. The molecule has 2 saturated heterocycles. The molecule has 0 saturated carbocycles. The fourth-order valence-electron chi connectivity index (χ4n) is 6.38. The number of carbonyl (C=O) groups is 1. The van der Waals surface area contributed by atoms with Crippen LogP contribution in [0.5, 0.6) is 0 Å². The number of piperazine rings is 1. The molecule has 0 N–H and O–H groups in total. The Bertz CT molecular complexity index is 1200. The van der Waals surface area contributed by atoms with Crippen LogP contribution < -0.4 is 4.90 Å². The first-order chi connectivity index (χ1) is 18.0. The number of para-hydroxylation sites is 1. The Morgan fingerprint density at radius 3 is 2.38 bits per heavy atom. The lowest BCUT2D eigenvalue weighted by atomic mass is 9.87. The summed E-state index contributed by atoms with van der Waals surface area (Å²) in [6, 6.07) is 24.5. The van der Waals surface area contributed by atoms with Gasteiger partial charge in [0.05, 0.1) is 0 Å². The van der Waals surface area contributed by atoms with Crippen molar-refractivity contribution in [2.45, 2.75) is 38.8 Å². The summed E-state index contributed by atoms with van der Waals surface area (Å²) < 4.78 is 0. The van der Waals surface area contributed by atoms with Crippen LogP contribution in [0.25, 0.3) is 10.8 Å². The molecular formula is C32H42N4O. The van der Waals surface area contributed by atoms with E-state index in [0.29, 0.717) is 24.3 Å². The standard InChI is InChI=1S/C32H42N4O/c1-25-8-4-7-11-30(25)35-18-20-36(21-19-35)32(37)15-14-29-24-34(17-16-31(29)33(2)3)23-26-12-13-27-9-5-6-10-28(27)22-26/h4-13,22,29,31H,14-21,23-24H2,1-3H3/t29-,31+/m0/s1. The van der Waals surface area contributed by atoms with Crippen LogP contribution in [-0.2, 0) is 11.3 Å². The largest absolute Gasteiger partial charge is 0.368 e. The molecule has 2 aliphatic rings. The van der Waals surface area contributed by atoms with Crippen LogP contribution in [0.3, 0.4) is 0 Å². The number of amides is 1. The van der Waals surface area contributed by atoms with Gasteiger partial charge in [0.2, 0.25) is 5.91 Å². The Balaban J connectivity index is 1.15. The molecule has 2 heterocycles. The summed E-state index contributed by atoms with van der Waals surface area (Å²) in [5.74, 6) is 0.843. The smallest absolute Gasteiger partial charge is 0.222 e. The summed E-state index contributed by atoms with van der Waals surface area (Å²) in [4.78, 5) is 22.7. The van der Waals surface area contributed by atoms with E-state index in [4.69, 9.17) is 0 Å². The van der Waals surface area contributed by atoms with Gasteiger partial charge in [-0.1, -0.05) is 54.6 Å². The molecule has 0 spiro atoms. The van der Waals surface area contributed by atoms with Crippen LogP contribution in [0.4, 0.5) is 5.69 Å². The van der Waals surface area contributed by atoms with Gasteiger partial charge < -0.3 is 14.7 Å². The van der Waals surface area contributed by atoms with Crippen LogP contribution in [0.15, 0.2) is 66.7 Å². The fraction of sp³-hybridized carbons (Fsp3) is 0.469. The van der Waals surface area contributed by atoms with Crippen molar-refractivity contribution in [3.63, 3.8) is 0 Å². The van der Waals surface area contributed by atoms with Gasteiger partial charge in [0.1, 0.15) is 0 Å². The van der Waals surface area contributed by atoms with Gasteiger partial charge in [-0.3, -0.25) is 9.69 Å². The van der Waals surface area contributed by atoms with Gasteiger partial charge in [-0.2, -0.15) is 0 Å². The Kier molecular flexibility index (Phi) is 8.11. The number of fused-ring (bicyclic) bond motifs is 1. The summed E-state index contributed by atoms with van der Waals surface area (Å²) in [5, 5.41) is 2.61. The van der Waals surface area contributed by atoms with Crippen molar-refractivity contribution in [2.24, 2.45) is 5.92 Å². The van der Waals surface area contributed by atoms with E-state index in [0.717, 1.165) is 58.7 Å². The third-order valence-corrected chi connectivity index (χ3v) is 8.48. The number of anilines is 1. The number of hydrogen-bond donors (Lipinski definition) is 0. The van der Waals surface area contributed by atoms with Gasteiger partial charge >= 0.3 is 0 Å². The van der Waals surface area contributed by atoms with Crippen LogP contribution >= 0.6 is 0 Å². The number of piperidine rings is 1. The predicted molar refractivity (Wildman–Crippen MR) is 154 cm³/mol. The Morgan fingerprint density at radius 2 is 1.62 bits per heavy atom. The molecule has 5 rings (SSSR count). The van der Waals surface area contributed by atoms with Crippen LogP contribution in [-0.4, -0.2) is 80.0 Å². The van der Waals surface area contributed by atoms with Crippen LogP contribution in [0, 0.1) is 12.8 Å². The maximum Gasteiger partial charge on any atom is 0.222 e. The molecule has 0 radical (unpaired) electrons. The molecule has 5 heteroatoms. The lowest BCUT2D eigenvalue weighted by Crippen LogP contribution is -2.50. The molecular weight excluding hydrogens is 456 g/mol. The average Bonchev–Trinajstić information content (AvgIpc) is 2.92. The van der Waals surface area contributed by atoms with E-state index >= 15 is 0 Å². The lowest BCUT2D eigenvalue weighted by molar-refractivity contribution is -0.132. The highest BCUT2D eigenvalue weighted by atomic mass is 16.2. The SMILES string of the molecule is Cc1ccccc1N1CCN(C(=O)CC[C@H]2CN(Cc3ccc4ccccc4c3)CC[C@H]2N(C)C)CC1. The molecule has 0 aromatic heterocycles. The number of carbonyl (C=O) groups excluding carboxylic acids is 1. The number of nitrogens with zero attached hydrogens (tertiary/aromatic N) is 4. The number of aryl methyl sites for hydroxylation is 1. The molecule has 2 atom stereocenters. The second kappa shape index (κ2) is 11.7. The lowest BCUT2D eigenvalue weighted by Gasteiger charge is -2.42. The first-order valence-corrected chi connectivity index (χ1v) is 13.9. The molecule has 196 valence electrons. The highest BCUT2D eigenvalue weighted by molar-refractivity contribution is 5.83. The average molecular weight is 499 g/mol. The van der Waals surface area contributed by atoms with E-state index in [1.54, 1.807) is 0 Å². The summed E-state index contributed by atoms with van der Waals surface area (Å²) in [6.45, 7) is 8.80. The number of hydrogen-bond acceptors (Lipinski definition) is 4. The Morgan fingerprint density at radius 1 is 0.892 bits per heavy atom. The van der Waals surface area contributed by atoms with Crippen molar-refractivity contribution in [1.82, 2.24) is 14.7 Å². The molecule has 37 heavy (non-hydrogen) atoms. The molecule has 1 amide bonds. The maximum atomic E-state index is 13.2. The van der Waals surface area contributed by atoms with Crippen molar-refractivity contribution >= 4 is 22.4 Å². The quantitative estimate of drug-likeness (QED) is 0.457. The highest BCUT2D eigenvalue weighted by Gasteiger charge is 2.32. The van der Waals surface area contributed by atoms with Crippen molar-refractivity contribution in [3.8, 4) is 0 Å². The van der Waals surface area contributed by atoms with E-state index in [1.165, 1.54) is 27.6 Å². The van der Waals surface area contributed by atoms with Crippen molar-refractivity contribution < 1.29 is 4.79 Å². The van der Waals surface area contributed by atoms with Gasteiger partial charge in [0, 0.05) is 57.4 Å². The first-order valence-electron chi connectivity index (χ1n) is 13.9. The van der Waals surface area contributed by atoms with Gasteiger partial charge in [0.25, 0.3) is 0 Å². The molecule has 0 aliphatic carbocycles. The fourth-order valence-corrected chi connectivity index (χ4v) is 6.38. The molecule has 3 aromatic carbocycles. The minimum Gasteiger partial charge on any atom is -0.368 e. The highest BCUT2D eigenvalue weighted by Crippen LogP contribution is 2.28. The van der Waals surface area contributed by atoms with Gasteiger partial charge in [-0.05, 0) is 80.4 Å². The summed E-state index contributed by atoms with van der Waals surface area (Å²) in [7, 11) is 4.40. The second-order valence-corrected chi connectivity index (χ2v) is 11.2. The van der Waals surface area contributed by atoms with Gasteiger partial charge in [0.15, 0.2) is 0 Å². The molecule has 2 fully saturated rings. The normalized spacial score (nSPS) is 21.1. The first kappa shape index (κ1) is 25.7.